The Labute approximate surface area is 161 Å². The van der Waals surface area contributed by atoms with Gasteiger partial charge in [-0.05, 0) is 36.4 Å². The molecule has 142 valence electrons. The zero-order chi connectivity index (χ0) is 19.7. The maximum absolute atomic E-state index is 12.3. The van der Waals surface area contributed by atoms with Crippen LogP contribution in [0.15, 0.2) is 66.3 Å². The van der Waals surface area contributed by atoms with Crippen LogP contribution in [-0.2, 0) is 0 Å². The highest BCUT2D eigenvalue weighted by molar-refractivity contribution is 7.15. The predicted octanol–water partition coefficient (Wildman–Crippen LogP) is 5.21. The molecule has 2 aromatic heterocycles. The van der Waals surface area contributed by atoms with E-state index in [9.17, 15) is 18.0 Å². The number of carbonyl (C=O) groups is 1. The summed E-state index contributed by atoms with van der Waals surface area (Å²) in [5.74, 6) is -0.817. The number of anilines is 1. The molecule has 2 aromatic carbocycles. The summed E-state index contributed by atoms with van der Waals surface area (Å²) in [6.45, 7) is 0. The summed E-state index contributed by atoms with van der Waals surface area (Å²) in [4.78, 5) is 17.7. The lowest BCUT2D eigenvalue weighted by Crippen LogP contribution is -2.17. The van der Waals surface area contributed by atoms with E-state index in [0.29, 0.717) is 5.69 Å². The summed E-state index contributed by atoms with van der Waals surface area (Å²) in [5, 5.41) is 4.65. The molecule has 0 fully saturated rings. The van der Waals surface area contributed by atoms with Crippen molar-refractivity contribution in [3.05, 3.63) is 71.9 Å². The van der Waals surface area contributed by atoms with Crippen LogP contribution in [0.1, 0.15) is 10.4 Å². The number of hydrogen-bond donors (Lipinski definition) is 1. The minimum Gasteiger partial charge on any atom is -0.406 e. The third-order valence-electron chi connectivity index (χ3n) is 3.88. The third-order valence-corrected chi connectivity index (χ3v) is 4.65. The smallest absolute Gasteiger partial charge is 0.406 e. The molecule has 0 radical (unpaired) electrons. The van der Waals surface area contributed by atoms with Crippen LogP contribution in [0.5, 0.6) is 5.75 Å². The van der Waals surface area contributed by atoms with Gasteiger partial charge in [0.05, 0.1) is 5.69 Å². The number of carbonyl (C=O) groups excluding carboxylic acids is 1. The first-order valence-corrected chi connectivity index (χ1v) is 8.95. The van der Waals surface area contributed by atoms with E-state index in [-0.39, 0.29) is 11.3 Å². The Morgan fingerprint density at radius 3 is 2.43 bits per heavy atom. The molecule has 0 aliphatic carbocycles. The van der Waals surface area contributed by atoms with Gasteiger partial charge in [-0.2, -0.15) is 0 Å². The Morgan fingerprint density at radius 1 is 1.07 bits per heavy atom. The van der Waals surface area contributed by atoms with Gasteiger partial charge in [-0.1, -0.05) is 12.1 Å². The maximum Gasteiger partial charge on any atom is 0.573 e. The second-order valence-electron chi connectivity index (χ2n) is 5.82. The molecule has 9 heteroatoms. The topological polar surface area (TPSA) is 55.6 Å². The molecule has 1 N–H and O–H groups in total. The van der Waals surface area contributed by atoms with E-state index in [4.69, 9.17) is 0 Å². The van der Waals surface area contributed by atoms with E-state index in [1.54, 1.807) is 12.1 Å². The van der Waals surface area contributed by atoms with Crippen molar-refractivity contribution in [2.24, 2.45) is 0 Å². The molecule has 4 aromatic rings. The predicted molar refractivity (Wildman–Crippen MR) is 99.6 cm³/mol. The maximum atomic E-state index is 12.3. The number of rotatable bonds is 4. The standard InChI is InChI=1S/C19H12F3N3O2S/c20-19(21,22)27-15-7-3-13(4-8-15)17(26)23-14-5-1-12(2-6-14)16-11-25-9-10-28-18(25)24-16/h1-11H,(H,23,26). The molecule has 28 heavy (non-hydrogen) atoms. The number of ether oxygens (including phenoxy) is 1. The molecule has 0 unspecified atom stereocenters. The van der Waals surface area contributed by atoms with Gasteiger partial charge in [0.1, 0.15) is 5.75 Å². The van der Waals surface area contributed by atoms with Crippen molar-refractivity contribution in [2.45, 2.75) is 6.36 Å². The van der Waals surface area contributed by atoms with Crippen molar-refractivity contribution < 1.29 is 22.7 Å². The Kier molecular flexibility index (Phi) is 4.52. The fourth-order valence-corrected chi connectivity index (χ4v) is 3.30. The van der Waals surface area contributed by atoms with E-state index in [1.807, 2.05) is 34.3 Å². The van der Waals surface area contributed by atoms with Crippen molar-refractivity contribution in [1.82, 2.24) is 9.38 Å². The Morgan fingerprint density at radius 2 is 1.79 bits per heavy atom. The fraction of sp³-hybridized carbons (Fsp3) is 0.0526. The number of benzene rings is 2. The van der Waals surface area contributed by atoms with Gasteiger partial charge in [0.25, 0.3) is 5.91 Å². The largest absolute Gasteiger partial charge is 0.573 e. The normalized spacial score (nSPS) is 11.5. The average Bonchev–Trinajstić information content (AvgIpc) is 3.23. The molecule has 0 saturated carbocycles. The quantitative estimate of drug-likeness (QED) is 0.509. The summed E-state index contributed by atoms with van der Waals surface area (Å²) in [6, 6.07) is 11.9. The van der Waals surface area contributed by atoms with E-state index in [2.05, 4.69) is 15.0 Å². The first-order chi connectivity index (χ1) is 13.4. The molecule has 0 aliphatic heterocycles. The van der Waals surface area contributed by atoms with Crippen molar-refractivity contribution in [2.75, 3.05) is 5.32 Å². The van der Waals surface area contributed by atoms with Crippen molar-refractivity contribution >= 4 is 27.9 Å². The van der Waals surface area contributed by atoms with Gasteiger partial charge in [-0.3, -0.25) is 9.20 Å². The van der Waals surface area contributed by atoms with Crippen LogP contribution >= 0.6 is 11.3 Å². The number of halogens is 3. The summed E-state index contributed by atoms with van der Waals surface area (Å²) in [6.07, 6.45) is -0.921. The van der Waals surface area contributed by atoms with Gasteiger partial charge in [-0.15, -0.1) is 24.5 Å². The minimum absolute atomic E-state index is 0.216. The highest BCUT2D eigenvalue weighted by Gasteiger charge is 2.31. The van der Waals surface area contributed by atoms with Crippen LogP contribution in [-0.4, -0.2) is 21.7 Å². The summed E-state index contributed by atoms with van der Waals surface area (Å²) in [5.41, 5.74) is 2.51. The lowest BCUT2D eigenvalue weighted by molar-refractivity contribution is -0.274. The van der Waals surface area contributed by atoms with Gasteiger partial charge >= 0.3 is 6.36 Å². The molecule has 5 nitrogen and oxygen atoms in total. The molecule has 4 rings (SSSR count). The molecular weight excluding hydrogens is 391 g/mol. The second kappa shape index (κ2) is 7.01. The number of aromatic nitrogens is 2. The number of imidazole rings is 1. The van der Waals surface area contributed by atoms with E-state index in [0.717, 1.165) is 28.4 Å². The van der Waals surface area contributed by atoms with Crippen LogP contribution in [0.4, 0.5) is 18.9 Å². The zero-order valence-electron chi connectivity index (χ0n) is 14.1. The third kappa shape index (κ3) is 3.99. The minimum atomic E-state index is -4.77. The average molecular weight is 403 g/mol. The van der Waals surface area contributed by atoms with E-state index >= 15 is 0 Å². The van der Waals surface area contributed by atoms with Crippen LogP contribution < -0.4 is 10.1 Å². The van der Waals surface area contributed by atoms with Gasteiger partial charge in [0, 0.05) is 34.6 Å². The molecule has 2 heterocycles. The Bertz CT molecular complexity index is 1090. The molecule has 1 amide bonds. The molecule has 0 saturated heterocycles. The van der Waals surface area contributed by atoms with Gasteiger partial charge < -0.3 is 10.1 Å². The first-order valence-electron chi connectivity index (χ1n) is 8.07. The zero-order valence-corrected chi connectivity index (χ0v) is 14.9. The van der Waals surface area contributed by atoms with Crippen molar-refractivity contribution in [3.8, 4) is 17.0 Å². The number of hydrogen-bond acceptors (Lipinski definition) is 4. The summed E-state index contributed by atoms with van der Waals surface area (Å²) >= 11 is 1.54. The molecule has 0 spiro atoms. The first kappa shape index (κ1) is 18.1. The van der Waals surface area contributed by atoms with Gasteiger partial charge in [0.15, 0.2) is 4.96 Å². The van der Waals surface area contributed by atoms with Crippen molar-refractivity contribution in [3.63, 3.8) is 0 Å². The highest BCUT2D eigenvalue weighted by atomic mass is 32.1. The van der Waals surface area contributed by atoms with Gasteiger partial charge in [-0.25, -0.2) is 4.98 Å². The van der Waals surface area contributed by atoms with Gasteiger partial charge in [0.2, 0.25) is 0 Å². The Hall–Kier alpha value is -3.33. The summed E-state index contributed by atoms with van der Waals surface area (Å²) < 4.78 is 42.3. The SMILES string of the molecule is O=C(Nc1ccc(-c2cn3ccsc3n2)cc1)c1ccc(OC(F)(F)F)cc1. The summed E-state index contributed by atoms with van der Waals surface area (Å²) in [7, 11) is 0. The lowest BCUT2D eigenvalue weighted by Gasteiger charge is -2.09. The van der Waals surface area contributed by atoms with Crippen LogP contribution in [0.3, 0.4) is 0 Å². The molecule has 0 aliphatic rings. The van der Waals surface area contributed by atoms with Crippen LogP contribution in [0.25, 0.3) is 16.2 Å². The molecular formula is C19H12F3N3O2S. The number of thiazole rings is 1. The number of amides is 1. The van der Waals surface area contributed by atoms with Crippen LogP contribution in [0, 0.1) is 0 Å². The van der Waals surface area contributed by atoms with E-state index in [1.165, 1.54) is 23.5 Å². The monoisotopic (exact) mass is 403 g/mol. The number of fused-ring (bicyclic) bond motifs is 1. The molecule has 0 bridgehead atoms. The molecule has 0 atom stereocenters. The second-order valence-corrected chi connectivity index (χ2v) is 6.70. The number of nitrogens with zero attached hydrogens (tertiary/aromatic N) is 2. The van der Waals surface area contributed by atoms with Crippen LogP contribution in [0.2, 0.25) is 0 Å². The number of nitrogens with one attached hydrogen (secondary N) is 1. The lowest BCUT2D eigenvalue weighted by atomic mass is 10.1. The Balaban J connectivity index is 1.43. The fourth-order valence-electron chi connectivity index (χ4n) is 2.60. The highest BCUT2D eigenvalue weighted by Crippen LogP contribution is 2.25. The van der Waals surface area contributed by atoms with Crippen molar-refractivity contribution in [1.29, 1.82) is 0 Å². The number of alkyl halides is 3. The van der Waals surface area contributed by atoms with E-state index < -0.39 is 12.3 Å².